The fourth-order valence-corrected chi connectivity index (χ4v) is 2.32. The van der Waals surface area contributed by atoms with Gasteiger partial charge in [0.05, 0.1) is 5.41 Å². The standard InChI is InChI=1S/C12H20N2O2/c1-3-6-12(7-4-9-13-2)8-5-10-14(16)11(12)15/h3,9,16H,1,4-8,10H2,2H3. The summed E-state index contributed by atoms with van der Waals surface area (Å²) in [6, 6.07) is 0. The minimum Gasteiger partial charge on any atom is -0.301 e. The number of carbonyl (C=O) groups is 1. The Morgan fingerprint density at radius 1 is 1.69 bits per heavy atom. The Bertz CT molecular complexity index is 289. The summed E-state index contributed by atoms with van der Waals surface area (Å²) in [5, 5.41) is 10.4. The zero-order valence-electron chi connectivity index (χ0n) is 9.85. The molecule has 4 heteroatoms. The Balaban J connectivity index is 2.76. The number of aliphatic imine (C=N–C) groups is 1. The highest BCUT2D eigenvalue weighted by Crippen LogP contribution is 2.38. The smallest absolute Gasteiger partial charge is 0.252 e. The number of nitrogens with zero attached hydrogens (tertiary/aromatic N) is 2. The summed E-state index contributed by atoms with van der Waals surface area (Å²) in [5.41, 5.74) is -0.462. The normalized spacial score (nSPS) is 26.4. The van der Waals surface area contributed by atoms with Crippen molar-refractivity contribution in [1.82, 2.24) is 5.06 Å². The number of hydroxylamine groups is 2. The number of carbonyl (C=O) groups excluding carboxylic acids is 1. The molecule has 1 heterocycles. The number of hydrogen-bond donors (Lipinski definition) is 1. The van der Waals surface area contributed by atoms with Crippen LogP contribution in [0, 0.1) is 5.41 Å². The second kappa shape index (κ2) is 5.80. The maximum Gasteiger partial charge on any atom is 0.252 e. The zero-order valence-corrected chi connectivity index (χ0v) is 9.85. The van der Waals surface area contributed by atoms with Gasteiger partial charge in [0.25, 0.3) is 5.91 Å². The lowest BCUT2D eigenvalue weighted by molar-refractivity contribution is -0.185. The van der Waals surface area contributed by atoms with Gasteiger partial charge in [-0.3, -0.25) is 10.0 Å². The Labute approximate surface area is 96.6 Å². The molecule has 90 valence electrons. The van der Waals surface area contributed by atoms with Crippen LogP contribution in [0.1, 0.15) is 32.1 Å². The maximum atomic E-state index is 12.0. The molecule has 1 fully saturated rings. The van der Waals surface area contributed by atoms with Crippen molar-refractivity contribution in [2.75, 3.05) is 13.6 Å². The van der Waals surface area contributed by atoms with E-state index in [1.165, 1.54) is 0 Å². The Hall–Kier alpha value is -1.16. The van der Waals surface area contributed by atoms with E-state index in [0.717, 1.165) is 30.7 Å². The third-order valence-corrected chi connectivity index (χ3v) is 3.18. The van der Waals surface area contributed by atoms with Crippen molar-refractivity contribution in [3.05, 3.63) is 12.7 Å². The highest BCUT2D eigenvalue weighted by Gasteiger charge is 2.41. The second-order valence-corrected chi connectivity index (χ2v) is 4.28. The van der Waals surface area contributed by atoms with Gasteiger partial charge in [0.1, 0.15) is 0 Å². The summed E-state index contributed by atoms with van der Waals surface area (Å²) in [5.74, 6) is -0.164. The van der Waals surface area contributed by atoms with E-state index >= 15 is 0 Å². The van der Waals surface area contributed by atoms with E-state index in [2.05, 4.69) is 11.6 Å². The fourth-order valence-electron chi connectivity index (χ4n) is 2.32. The topological polar surface area (TPSA) is 52.9 Å². The molecule has 1 unspecified atom stereocenters. The molecule has 1 saturated heterocycles. The molecule has 1 aliphatic rings. The van der Waals surface area contributed by atoms with E-state index in [0.29, 0.717) is 13.0 Å². The van der Waals surface area contributed by atoms with E-state index in [1.54, 1.807) is 13.1 Å². The van der Waals surface area contributed by atoms with Crippen LogP contribution in [0.3, 0.4) is 0 Å². The SMILES string of the molecule is C=CCC1(CCC=NC)CCCN(O)C1=O. The number of hydrogen-bond acceptors (Lipinski definition) is 3. The molecule has 1 atom stereocenters. The van der Waals surface area contributed by atoms with Gasteiger partial charge >= 0.3 is 0 Å². The van der Waals surface area contributed by atoms with Crippen molar-refractivity contribution in [3.8, 4) is 0 Å². The first-order valence-electron chi connectivity index (χ1n) is 5.68. The van der Waals surface area contributed by atoms with Crippen molar-refractivity contribution in [2.45, 2.75) is 32.1 Å². The molecule has 0 aliphatic carbocycles. The first-order chi connectivity index (χ1) is 7.66. The molecule has 1 amide bonds. The molecule has 0 aromatic carbocycles. The van der Waals surface area contributed by atoms with Crippen molar-refractivity contribution >= 4 is 12.1 Å². The first kappa shape index (κ1) is 12.9. The van der Waals surface area contributed by atoms with Crippen molar-refractivity contribution in [1.29, 1.82) is 0 Å². The number of allylic oxidation sites excluding steroid dienone is 1. The van der Waals surface area contributed by atoms with E-state index in [1.807, 2.05) is 6.21 Å². The summed E-state index contributed by atoms with van der Waals surface area (Å²) >= 11 is 0. The summed E-state index contributed by atoms with van der Waals surface area (Å²) in [6.07, 6.45) is 7.37. The van der Waals surface area contributed by atoms with Gasteiger partial charge in [-0.05, 0) is 38.3 Å². The van der Waals surface area contributed by atoms with Crippen LogP contribution in [0.25, 0.3) is 0 Å². The lowest BCUT2D eigenvalue weighted by Crippen LogP contribution is -2.47. The van der Waals surface area contributed by atoms with Gasteiger partial charge in [0.15, 0.2) is 0 Å². The van der Waals surface area contributed by atoms with Gasteiger partial charge in [0.2, 0.25) is 0 Å². The predicted molar refractivity (Wildman–Crippen MR) is 63.6 cm³/mol. The van der Waals surface area contributed by atoms with Gasteiger partial charge in [-0.15, -0.1) is 6.58 Å². The Morgan fingerprint density at radius 3 is 3.06 bits per heavy atom. The van der Waals surface area contributed by atoms with Crippen molar-refractivity contribution < 1.29 is 10.0 Å². The minimum absolute atomic E-state index is 0.164. The van der Waals surface area contributed by atoms with Gasteiger partial charge in [-0.1, -0.05) is 6.08 Å². The third kappa shape index (κ3) is 2.70. The van der Waals surface area contributed by atoms with Gasteiger partial charge in [-0.25, -0.2) is 5.06 Å². The summed E-state index contributed by atoms with van der Waals surface area (Å²) in [7, 11) is 1.72. The Morgan fingerprint density at radius 2 is 2.44 bits per heavy atom. The molecule has 4 nitrogen and oxygen atoms in total. The zero-order chi connectivity index (χ0) is 12.0. The lowest BCUT2D eigenvalue weighted by atomic mass is 9.73. The van der Waals surface area contributed by atoms with Crippen molar-refractivity contribution in [2.24, 2.45) is 10.4 Å². The molecule has 16 heavy (non-hydrogen) atoms. The largest absolute Gasteiger partial charge is 0.301 e. The van der Waals surface area contributed by atoms with E-state index in [4.69, 9.17) is 0 Å². The van der Waals surface area contributed by atoms with Crippen LogP contribution in [-0.2, 0) is 4.79 Å². The summed E-state index contributed by atoms with van der Waals surface area (Å²) < 4.78 is 0. The second-order valence-electron chi connectivity index (χ2n) is 4.28. The van der Waals surface area contributed by atoms with Crippen LogP contribution in [0.4, 0.5) is 0 Å². The quantitative estimate of drug-likeness (QED) is 0.441. The van der Waals surface area contributed by atoms with Gasteiger partial charge in [0, 0.05) is 13.6 Å². The molecular formula is C12H20N2O2. The average molecular weight is 224 g/mol. The number of rotatable bonds is 5. The van der Waals surface area contributed by atoms with Crippen LogP contribution >= 0.6 is 0 Å². The highest BCUT2D eigenvalue weighted by atomic mass is 16.5. The summed E-state index contributed by atoms with van der Waals surface area (Å²) in [4.78, 5) is 15.9. The average Bonchev–Trinajstić information content (AvgIpc) is 2.26. The fraction of sp³-hybridized carbons (Fsp3) is 0.667. The van der Waals surface area contributed by atoms with Crippen LogP contribution < -0.4 is 0 Å². The monoisotopic (exact) mass is 224 g/mol. The van der Waals surface area contributed by atoms with E-state index < -0.39 is 5.41 Å². The third-order valence-electron chi connectivity index (χ3n) is 3.18. The van der Waals surface area contributed by atoms with Crippen molar-refractivity contribution in [3.63, 3.8) is 0 Å². The molecule has 1 N–H and O–H groups in total. The highest BCUT2D eigenvalue weighted by molar-refractivity contribution is 5.83. The molecule has 0 bridgehead atoms. The van der Waals surface area contributed by atoms with Crippen LogP contribution in [0.2, 0.25) is 0 Å². The minimum atomic E-state index is -0.462. The molecular weight excluding hydrogens is 204 g/mol. The summed E-state index contributed by atoms with van der Waals surface area (Å²) in [6.45, 7) is 4.15. The molecule has 0 saturated carbocycles. The van der Waals surface area contributed by atoms with Gasteiger partial charge < -0.3 is 4.99 Å². The van der Waals surface area contributed by atoms with E-state index in [9.17, 15) is 10.0 Å². The van der Waals surface area contributed by atoms with Gasteiger partial charge in [-0.2, -0.15) is 0 Å². The maximum absolute atomic E-state index is 12.0. The Kier molecular flexibility index (Phi) is 4.68. The van der Waals surface area contributed by atoms with Crippen LogP contribution in [0.5, 0.6) is 0 Å². The molecule has 0 spiro atoms. The molecule has 1 rings (SSSR count). The number of amides is 1. The number of piperidine rings is 1. The van der Waals surface area contributed by atoms with E-state index in [-0.39, 0.29) is 5.91 Å². The lowest BCUT2D eigenvalue weighted by Gasteiger charge is -2.38. The molecule has 0 aromatic rings. The molecule has 1 aliphatic heterocycles. The van der Waals surface area contributed by atoms with Crippen LogP contribution in [0.15, 0.2) is 17.6 Å². The predicted octanol–water partition coefficient (Wildman–Crippen LogP) is 2.04. The molecule has 0 aromatic heterocycles. The van der Waals surface area contributed by atoms with Crippen LogP contribution in [-0.4, -0.2) is 36.0 Å². The molecule has 0 radical (unpaired) electrons. The first-order valence-corrected chi connectivity index (χ1v) is 5.68.